The Labute approximate surface area is 188 Å². The number of methoxy groups -OCH3 is 3. The smallest absolute Gasteiger partial charge is 0.211 e. The van der Waals surface area contributed by atoms with E-state index >= 15 is 0 Å². The maximum Gasteiger partial charge on any atom is 0.211 e. The molecule has 4 rings (SSSR count). The van der Waals surface area contributed by atoms with E-state index in [0.29, 0.717) is 0 Å². The van der Waals surface area contributed by atoms with E-state index in [-0.39, 0.29) is 0 Å². The van der Waals surface area contributed by atoms with E-state index < -0.39 is 0 Å². The highest BCUT2D eigenvalue weighted by atomic mass is 32.1. The molecular formula is C23H21N3O3S2. The van der Waals surface area contributed by atoms with E-state index in [2.05, 4.69) is 0 Å². The van der Waals surface area contributed by atoms with Crippen molar-refractivity contribution < 1.29 is 14.2 Å². The van der Waals surface area contributed by atoms with Crippen molar-refractivity contribution in [2.45, 2.75) is 0 Å². The molecular weight excluding hydrogens is 430 g/mol. The van der Waals surface area contributed by atoms with Crippen LogP contribution in [0.3, 0.4) is 0 Å². The first-order valence-electron chi connectivity index (χ1n) is 9.40. The van der Waals surface area contributed by atoms with Crippen LogP contribution < -0.4 is 19.0 Å². The lowest BCUT2D eigenvalue weighted by atomic mass is 10.1. The van der Waals surface area contributed by atoms with Crippen LogP contribution in [0.5, 0.6) is 17.2 Å². The highest BCUT2D eigenvalue weighted by molar-refractivity contribution is 7.08. The minimum Gasteiger partial charge on any atom is -0.497 e. The molecule has 31 heavy (non-hydrogen) atoms. The van der Waals surface area contributed by atoms with Gasteiger partial charge in [-0.3, -0.25) is 0 Å². The fourth-order valence-corrected chi connectivity index (χ4v) is 4.39. The summed E-state index contributed by atoms with van der Waals surface area (Å²) in [6.45, 7) is 0. The van der Waals surface area contributed by atoms with Gasteiger partial charge in [0.1, 0.15) is 17.2 Å². The van der Waals surface area contributed by atoms with E-state index in [0.717, 1.165) is 44.6 Å². The van der Waals surface area contributed by atoms with Gasteiger partial charge in [-0.25, -0.2) is 9.67 Å². The minimum absolute atomic E-state index is 0.731. The average molecular weight is 452 g/mol. The van der Waals surface area contributed by atoms with Gasteiger partial charge in [-0.1, -0.05) is 0 Å². The minimum atomic E-state index is 0.731. The molecule has 0 amide bonds. The lowest BCUT2D eigenvalue weighted by Crippen LogP contribution is -2.11. The molecule has 0 aliphatic carbocycles. The SMILES string of the molecule is COc1ccc(N=c2scc(-c3cc(OC)ccc3OC)n2N=Cc2ccsc2)cc1. The molecule has 2 aromatic carbocycles. The maximum atomic E-state index is 5.60. The fourth-order valence-electron chi connectivity index (χ4n) is 2.93. The van der Waals surface area contributed by atoms with Crippen molar-refractivity contribution in [1.82, 2.24) is 4.68 Å². The number of thiophene rings is 1. The van der Waals surface area contributed by atoms with Crippen LogP contribution in [0.2, 0.25) is 0 Å². The number of hydrogen-bond acceptors (Lipinski definition) is 7. The van der Waals surface area contributed by atoms with Crippen LogP contribution in [-0.4, -0.2) is 32.2 Å². The molecule has 0 bridgehead atoms. The molecule has 0 saturated carbocycles. The quantitative estimate of drug-likeness (QED) is 0.353. The lowest BCUT2D eigenvalue weighted by Gasteiger charge is -2.11. The third-order valence-corrected chi connectivity index (χ3v) is 6.05. The third kappa shape index (κ3) is 4.70. The van der Waals surface area contributed by atoms with Crippen molar-refractivity contribution in [2.24, 2.45) is 10.1 Å². The first-order chi connectivity index (χ1) is 15.2. The summed E-state index contributed by atoms with van der Waals surface area (Å²) in [5.74, 6) is 2.26. The first kappa shape index (κ1) is 20.9. The number of thiazole rings is 1. The Morgan fingerprint density at radius 3 is 2.32 bits per heavy atom. The molecule has 0 aliphatic heterocycles. The summed E-state index contributed by atoms with van der Waals surface area (Å²) in [5, 5.41) is 10.8. The van der Waals surface area contributed by atoms with Gasteiger partial charge in [0.2, 0.25) is 4.80 Å². The van der Waals surface area contributed by atoms with Crippen molar-refractivity contribution in [2.75, 3.05) is 21.3 Å². The summed E-state index contributed by atoms with van der Waals surface area (Å²) in [6, 6.07) is 15.3. The van der Waals surface area contributed by atoms with E-state index in [9.17, 15) is 0 Å². The Hall–Kier alpha value is -3.36. The van der Waals surface area contributed by atoms with Gasteiger partial charge < -0.3 is 14.2 Å². The van der Waals surface area contributed by atoms with Gasteiger partial charge >= 0.3 is 0 Å². The number of hydrogen-bond donors (Lipinski definition) is 0. The van der Waals surface area contributed by atoms with E-state index in [1.54, 1.807) is 32.7 Å². The number of nitrogens with zero attached hydrogens (tertiary/aromatic N) is 3. The van der Waals surface area contributed by atoms with E-state index in [4.69, 9.17) is 24.3 Å². The van der Waals surface area contributed by atoms with Gasteiger partial charge in [-0.2, -0.15) is 16.4 Å². The van der Waals surface area contributed by atoms with E-state index in [1.807, 2.05) is 75.6 Å². The Morgan fingerprint density at radius 1 is 0.871 bits per heavy atom. The average Bonchev–Trinajstić information content (AvgIpc) is 3.47. The zero-order chi connectivity index (χ0) is 21.6. The topological polar surface area (TPSA) is 57.3 Å². The molecule has 0 radical (unpaired) electrons. The van der Waals surface area contributed by atoms with Crippen molar-refractivity contribution in [3.63, 3.8) is 0 Å². The second-order valence-corrected chi connectivity index (χ2v) is 8.01. The van der Waals surface area contributed by atoms with Crippen LogP contribution in [0.15, 0.2) is 74.8 Å². The normalized spacial score (nSPS) is 11.8. The zero-order valence-electron chi connectivity index (χ0n) is 17.3. The van der Waals surface area contributed by atoms with Crippen molar-refractivity contribution in [1.29, 1.82) is 0 Å². The summed E-state index contributed by atoms with van der Waals surface area (Å²) < 4.78 is 18.1. The zero-order valence-corrected chi connectivity index (χ0v) is 18.9. The molecule has 6 nitrogen and oxygen atoms in total. The summed E-state index contributed by atoms with van der Waals surface area (Å²) in [4.78, 5) is 5.54. The van der Waals surface area contributed by atoms with Crippen LogP contribution >= 0.6 is 22.7 Å². The van der Waals surface area contributed by atoms with Crippen molar-refractivity contribution >= 4 is 34.6 Å². The van der Waals surface area contributed by atoms with Crippen LogP contribution in [0.1, 0.15) is 5.56 Å². The molecule has 0 spiro atoms. The van der Waals surface area contributed by atoms with Gasteiger partial charge in [0.15, 0.2) is 0 Å². The fraction of sp³-hybridized carbons (Fsp3) is 0.130. The molecule has 2 aromatic heterocycles. The van der Waals surface area contributed by atoms with Gasteiger partial charge in [0, 0.05) is 16.5 Å². The Kier molecular flexibility index (Phi) is 6.49. The van der Waals surface area contributed by atoms with Gasteiger partial charge in [0.25, 0.3) is 0 Å². The molecule has 0 unspecified atom stereocenters. The Balaban J connectivity index is 1.87. The molecule has 0 fully saturated rings. The Morgan fingerprint density at radius 2 is 1.65 bits per heavy atom. The molecule has 2 heterocycles. The van der Waals surface area contributed by atoms with Crippen molar-refractivity contribution in [3.05, 3.63) is 75.0 Å². The highest BCUT2D eigenvalue weighted by Crippen LogP contribution is 2.34. The monoisotopic (exact) mass is 451 g/mol. The standard InChI is InChI=1S/C23H21N3O3S2/c1-27-18-6-4-17(5-7-18)25-23-26(24-13-16-10-11-30-14-16)21(15-31-23)20-12-19(28-2)8-9-22(20)29-3/h4-15H,1-3H3. The van der Waals surface area contributed by atoms with Gasteiger partial charge in [0.05, 0.1) is 38.9 Å². The molecule has 0 N–H and O–H groups in total. The second-order valence-electron chi connectivity index (χ2n) is 6.39. The lowest BCUT2D eigenvalue weighted by molar-refractivity contribution is 0.404. The largest absolute Gasteiger partial charge is 0.497 e. The third-order valence-electron chi connectivity index (χ3n) is 4.53. The summed E-state index contributed by atoms with van der Waals surface area (Å²) >= 11 is 3.13. The van der Waals surface area contributed by atoms with Crippen LogP contribution in [0.4, 0.5) is 5.69 Å². The number of benzene rings is 2. The molecule has 158 valence electrons. The summed E-state index contributed by atoms with van der Waals surface area (Å²) in [7, 11) is 4.94. The van der Waals surface area contributed by atoms with E-state index in [1.165, 1.54) is 11.3 Å². The Bertz CT molecular complexity index is 1240. The highest BCUT2D eigenvalue weighted by Gasteiger charge is 2.14. The molecule has 0 saturated heterocycles. The predicted octanol–water partition coefficient (Wildman–Crippen LogP) is 5.42. The molecule has 0 atom stereocenters. The van der Waals surface area contributed by atoms with Crippen LogP contribution in [0.25, 0.3) is 11.3 Å². The summed E-state index contributed by atoms with van der Waals surface area (Å²) in [5.41, 5.74) is 3.57. The van der Waals surface area contributed by atoms with Crippen LogP contribution in [-0.2, 0) is 0 Å². The maximum absolute atomic E-state index is 5.60. The first-order valence-corrected chi connectivity index (χ1v) is 11.2. The molecule has 8 heteroatoms. The number of aromatic nitrogens is 1. The van der Waals surface area contributed by atoms with Gasteiger partial charge in [-0.05, 0) is 59.3 Å². The number of rotatable bonds is 7. The molecule has 4 aromatic rings. The van der Waals surface area contributed by atoms with Gasteiger partial charge in [-0.15, -0.1) is 11.3 Å². The van der Waals surface area contributed by atoms with Crippen molar-refractivity contribution in [3.8, 4) is 28.5 Å². The predicted molar refractivity (Wildman–Crippen MR) is 126 cm³/mol. The molecule has 0 aliphatic rings. The summed E-state index contributed by atoms with van der Waals surface area (Å²) in [6.07, 6.45) is 1.83. The second kappa shape index (κ2) is 9.63. The number of ether oxygens (including phenoxy) is 3. The van der Waals surface area contributed by atoms with Crippen LogP contribution in [0, 0.1) is 0 Å².